The van der Waals surface area contributed by atoms with Crippen molar-refractivity contribution in [1.82, 2.24) is 14.3 Å². The molecule has 3 atom stereocenters. The van der Waals surface area contributed by atoms with Crippen LogP contribution in [0.3, 0.4) is 0 Å². The second-order valence-electron chi connectivity index (χ2n) is 13.8. The summed E-state index contributed by atoms with van der Waals surface area (Å²) in [5, 5.41) is 5.21. The minimum Gasteiger partial charge on any atom is -0.491 e. The van der Waals surface area contributed by atoms with Gasteiger partial charge in [0, 0.05) is 48.1 Å². The molecule has 0 aliphatic carbocycles. The fraction of sp³-hybridized carbons (Fsp3) is 0.429. The van der Waals surface area contributed by atoms with Crippen LogP contribution in [0.2, 0.25) is 10.0 Å². The summed E-state index contributed by atoms with van der Waals surface area (Å²) in [7, 11) is -4.76. The molecule has 4 aromatic rings. The third-order valence-electron chi connectivity index (χ3n) is 9.07. The Balaban J connectivity index is 0.992. The third kappa shape index (κ3) is 8.98. The Morgan fingerprint density at radius 3 is 2.12 bits per heavy atom. The highest BCUT2D eigenvalue weighted by Crippen LogP contribution is 2.42. The van der Waals surface area contributed by atoms with Gasteiger partial charge in [-0.2, -0.15) is 5.10 Å². The largest absolute Gasteiger partial charge is 0.491 e. The number of phosphoric ester groups is 1. The molecule has 0 spiro atoms. The summed E-state index contributed by atoms with van der Waals surface area (Å²) in [6, 6.07) is 21.0. The van der Waals surface area contributed by atoms with E-state index in [1.165, 1.54) is 10.9 Å². The molecule has 2 aliphatic rings. The second kappa shape index (κ2) is 14.9. The predicted molar refractivity (Wildman–Crippen MR) is 195 cm³/mol. The van der Waals surface area contributed by atoms with Crippen LogP contribution in [-0.4, -0.2) is 75.7 Å². The van der Waals surface area contributed by atoms with Crippen molar-refractivity contribution in [3.63, 3.8) is 0 Å². The van der Waals surface area contributed by atoms with Gasteiger partial charge in [-0.1, -0.05) is 50.0 Å². The molecule has 6 rings (SSSR count). The molecule has 0 radical (unpaired) electrons. The fourth-order valence-electron chi connectivity index (χ4n) is 6.14. The van der Waals surface area contributed by atoms with Gasteiger partial charge in [0.25, 0.3) is 0 Å². The minimum absolute atomic E-state index is 0.106. The fourth-order valence-corrected chi connectivity index (χ4v) is 7.43. The summed E-state index contributed by atoms with van der Waals surface area (Å²) < 4.78 is 37.2. The highest BCUT2D eigenvalue weighted by atomic mass is 35.5. The van der Waals surface area contributed by atoms with Crippen LogP contribution in [0.1, 0.15) is 33.3 Å². The molecule has 13 nitrogen and oxygen atoms in total. The molecule has 3 aromatic carbocycles. The van der Waals surface area contributed by atoms with Gasteiger partial charge in [-0.25, -0.2) is 18.6 Å². The van der Waals surface area contributed by atoms with Crippen molar-refractivity contribution in [2.24, 2.45) is 5.41 Å². The lowest BCUT2D eigenvalue weighted by Gasteiger charge is -2.37. The van der Waals surface area contributed by atoms with E-state index in [9.17, 15) is 19.1 Å². The zero-order valence-electron chi connectivity index (χ0n) is 28.8. The summed E-state index contributed by atoms with van der Waals surface area (Å²) >= 11 is 12.4. The third-order valence-corrected chi connectivity index (χ3v) is 10.1. The summed E-state index contributed by atoms with van der Waals surface area (Å²) in [5.74, 6) is -0.230. The van der Waals surface area contributed by atoms with E-state index in [2.05, 4.69) is 27.0 Å². The lowest BCUT2D eigenvalue weighted by atomic mass is 9.89. The molecule has 1 aromatic heterocycles. The number of phosphoric acid groups is 1. The molecule has 0 saturated carbocycles. The molecule has 16 heteroatoms. The standard InChI is InChI=1S/C35H42Cl2N5O8P/c1-34(2,3)32(50-51(44,45)46)20-42-33(43)41(23-38-42)27-8-6-25(7-9-27)39-15-17-40(18-16-39)26-10-12-28(13-11-26)47-21-29-22-48-35(4,49-29)30-14-5-24(36)19-31(30)37/h5-14,19,23,29,32H,15-18,20-22H2,1-4H3,(H2,44,45,46). The van der Waals surface area contributed by atoms with Crippen LogP contribution in [0.25, 0.3) is 5.69 Å². The van der Waals surface area contributed by atoms with Crippen molar-refractivity contribution in [1.29, 1.82) is 0 Å². The first-order valence-corrected chi connectivity index (χ1v) is 18.9. The molecule has 0 bridgehead atoms. The monoisotopic (exact) mass is 761 g/mol. The molecular weight excluding hydrogens is 720 g/mol. The second-order valence-corrected chi connectivity index (χ2v) is 15.9. The minimum atomic E-state index is -4.76. The number of benzene rings is 3. The van der Waals surface area contributed by atoms with Crippen LogP contribution >= 0.6 is 31.0 Å². The number of halogens is 2. The van der Waals surface area contributed by atoms with Crippen LogP contribution in [0, 0.1) is 5.41 Å². The maximum absolute atomic E-state index is 13.1. The van der Waals surface area contributed by atoms with Gasteiger partial charge in [0.05, 0.1) is 30.0 Å². The number of hydrogen-bond donors (Lipinski definition) is 2. The van der Waals surface area contributed by atoms with Crippen LogP contribution in [-0.2, 0) is 30.9 Å². The van der Waals surface area contributed by atoms with Gasteiger partial charge in [-0.3, -0.25) is 4.52 Å². The van der Waals surface area contributed by atoms with Gasteiger partial charge >= 0.3 is 13.5 Å². The Hall–Kier alpha value is -3.39. The van der Waals surface area contributed by atoms with Crippen LogP contribution in [0.15, 0.2) is 77.9 Å². The highest BCUT2D eigenvalue weighted by molar-refractivity contribution is 7.46. The summed E-state index contributed by atoms with van der Waals surface area (Å²) in [4.78, 5) is 36.5. The number of rotatable bonds is 11. The van der Waals surface area contributed by atoms with Crippen LogP contribution in [0.5, 0.6) is 5.75 Å². The SMILES string of the molecule is CC1(c2ccc(Cl)cc2Cl)OCC(COc2ccc(N3CCN(c4ccc(-n5cnn(CC(OP(=O)(O)O)C(C)(C)C)c5=O)cc4)CC3)cc2)O1. The lowest BCUT2D eigenvalue weighted by molar-refractivity contribution is -0.164. The smallest absolute Gasteiger partial charge is 0.469 e. The Morgan fingerprint density at radius 1 is 0.961 bits per heavy atom. The summed E-state index contributed by atoms with van der Waals surface area (Å²) in [6.45, 7) is 11.1. The summed E-state index contributed by atoms with van der Waals surface area (Å²) in [6.07, 6.45) is 0.209. The highest BCUT2D eigenvalue weighted by Gasteiger charge is 2.40. The van der Waals surface area contributed by atoms with Crippen molar-refractivity contribution in [3.8, 4) is 11.4 Å². The van der Waals surface area contributed by atoms with Crippen molar-refractivity contribution in [2.45, 2.75) is 52.2 Å². The number of hydrogen-bond acceptors (Lipinski definition) is 9. The average molecular weight is 763 g/mol. The molecule has 2 fully saturated rings. The van der Waals surface area contributed by atoms with E-state index in [1.54, 1.807) is 32.9 Å². The van der Waals surface area contributed by atoms with Gasteiger partial charge in [-0.05, 0) is 73.0 Å². The number of nitrogens with zero attached hydrogens (tertiary/aromatic N) is 5. The van der Waals surface area contributed by atoms with Gasteiger partial charge < -0.3 is 33.8 Å². The Labute approximate surface area is 306 Å². The van der Waals surface area contributed by atoms with Gasteiger partial charge in [0.15, 0.2) is 5.79 Å². The quantitative estimate of drug-likeness (QED) is 0.178. The van der Waals surface area contributed by atoms with Crippen molar-refractivity contribution < 1.29 is 33.1 Å². The predicted octanol–water partition coefficient (Wildman–Crippen LogP) is 5.86. The molecule has 0 amide bonds. The maximum Gasteiger partial charge on any atom is 0.469 e. The van der Waals surface area contributed by atoms with E-state index < -0.39 is 30.8 Å². The zero-order chi connectivity index (χ0) is 36.6. The van der Waals surface area contributed by atoms with E-state index in [0.717, 1.165) is 53.5 Å². The van der Waals surface area contributed by atoms with E-state index in [1.807, 2.05) is 49.4 Å². The van der Waals surface area contributed by atoms with Gasteiger partial charge in [0.2, 0.25) is 0 Å². The Morgan fingerprint density at radius 2 is 1.55 bits per heavy atom. The van der Waals surface area contributed by atoms with E-state index in [-0.39, 0.29) is 12.6 Å². The molecule has 274 valence electrons. The molecule has 2 N–H and O–H groups in total. The lowest BCUT2D eigenvalue weighted by Crippen LogP contribution is -2.46. The van der Waals surface area contributed by atoms with Crippen molar-refractivity contribution in [2.75, 3.05) is 49.2 Å². The van der Waals surface area contributed by atoms with E-state index in [4.69, 9.17) is 41.9 Å². The molecule has 51 heavy (non-hydrogen) atoms. The van der Waals surface area contributed by atoms with E-state index in [0.29, 0.717) is 28.9 Å². The molecule has 3 unspecified atom stereocenters. The van der Waals surface area contributed by atoms with Crippen LogP contribution < -0.4 is 20.2 Å². The van der Waals surface area contributed by atoms with Crippen LogP contribution in [0.4, 0.5) is 11.4 Å². The first-order chi connectivity index (χ1) is 24.1. The number of piperazine rings is 1. The number of ether oxygens (including phenoxy) is 3. The topological polar surface area (TPSA) is 141 Å². The number of aromatic nitrogens is 3. The normalized spacial score (nSPS) is 20.5. The first kappa shape index (κ1) is 37.4. The first-order valence-electron chi connectivity index (χ1n) is 16.6. The van der Waals surface area contributed by atoms with Gasteiger partial charge in [-0.15, -0.1) is 0 Å². The van der Waals surface area contributed by atoms with E-state index >= 15 is 0 Å². The maximum atomic E-state index is 13.1. The Bertz CT molecular complexity index is 1920. The van der Waals surface area contributed by atoms with Crippen molar-refractivity contribution >= 4 is 42.4 Å². The molecule has 2 saturated heterocycles. The zero-order valence-corrected chi connectivity index (χ0v) is 31.2. The molecule has 2 aliphatic heterocycles. The summed E-state index contributed by atoms with van der Waals surface area (Å²) in [5.41, 5.74) is 2.43. The molecule has 3 heterocycles. The van der Waals surface area contributed by atoms with Gasteiger partial charge in [0.1, 0.15) is 24.8 Å². The Kier molecular flexibility index (Phi) is 10.9. The van der Waals surface area contributed by atoms with Crippen molar-refractivity contribution in [3.05, 3.63) is 99.2 Å². The number of anilines is 2. The molecular formula is C35H42Cl2N5O8P. The average Bonchev–Trinajstić information content (AvgIpc) is 3.64.